The zero-order valence-electron chi connectivity index (χ0n) is 6.31. The molecule has 1 radical (unpaired) electrons. The first-order valence-corrected chi connectivity index (χ1v) is 2.98. The minimum Gasteiger partial charge on any atom is -0.323 e. The predicted molar refractivity (Wildman–Crippen MR) is 34.0 cm³/mol. The normalized spacial score (nSPS) is 9.75. The van der Waals surface area contributed by atoms with Crippen LogP contribution in [-0.2, 0) is 32.7 Å². The molecule has 0 nitrogen and oxygen atoms in total. The third kappa shape index (κ3) is 10.2. The van der Waals surface area contributed by atoms with Gasteiger partial charge in [0, 0.05) is 32.7 Å². The van der Waals surface area contributed by atoms with E-state index in [1.54, 1.807) is 0 Å². The molecule has 0 aliphatic carbocycles. The van der Waals surface area contributed by atoms with Gasteiger partial charge in [-0.25, -0.2) is 0 Å². The summed E-state index contributed by atoms with van der Waals surface area (Å²) in [5.74, 6) is 1.50. The van der Waals surface area contributed by atoms with Crippen molar-refractivity contribution in [3.05, 3.63) is 6.42 Å². The molecule has 0 spiro atoms. The van der Waals surface area contributed by atoms with E-state index < -0.39 is 0 Å². The minimum absolute atomic E-state index is 0. The molecule has 0 heterocycles. The van der Waals surface area contributed by atoms with Gasteiger partial charge < -0.3 is 6.42 Å². The number of rotatable bonds is 2. The van der Waals surface area contributed by atoms with Gasteiger partial charge in [0.25, 0.3) is 0 Å². The maximum atomic E-state index is 2.33. The van der Waals surface area contributed by atoms with E-state index in [1.807, 2.05) is 0 Å². The van der Waals surface area contributed by atoms with Gasteiger partial charge in [-0.3, -0.25) is 0 Å². The summed E-state index contributed by atoms with van der Waals surface area (Å²) in [4.78, 5) is 0. The third-order valence-corrected chi connectivity index (χ3v) is 0.770. The fourth-order valence-corrected chi connectivity index (χ4v) is 0.770. The van der Waals surface area contributed by atoms with Gasteiger partial charge in [0.1, 0.15) is 0 Å². The van der Waals surface area contributed by atoms with Gasteiger partial charge in [0.2, 0.25) is 0 Å². The molecule has 0 bridgehead atoms. The molecule has 0 fully saturated rings. The SMILES string of the molecule is CC(C)[CH-]C(C)C.[Y]. The van der Waals surface area contributed by atoms with Crippen molar-refractivity contribution < 1.29 is 32.7 Å². The molecule has 8 heavy (non-hydrogen) atoms. The molecule has 0 aromatic carbocycles. The Kier molecular flexibility index (Phi) is 9.22. The monoisotopic (exact) mass is 188 g/mol. The van der Waals surface area contributed by atoms with Crippen LogP contribution >= 0.6 is 0 Å². The third-order valence-electron chi connectivity index (χ3n) is 0.770. The Balaban J connectivity index is 0. The average molecular weight is 188 g/mol. The van der Waals surface area contributed by atoms with Crippen LogP contribution in [0.3, 0.4) is 0 Å². The summed E-state index contributed by atoms with van der Waals surface area (Å²) >= 11 is 0. The molecule has 0 aromatic rings. The summed E-state index contributed by atoms with van der Waals surface area (Å²) in [6, 6.07) is 0. The second-order valence-corrected chi connectivity index (χ2v) is 2.68. The van der Waals surface area contributed by atoms with Crippen molar-refractivity contribution in [3.8, 4) is 0 Å². The van der Waals surface area contributed by atoms with Crippen LogP contribution in [-0.4, -0.2) is 0 Å². The van der Waals surface area contributed by atoms with E-state index in [4.69, 9.17) is 0 Å². The molecular formula is C7H15Y-. The fourth-order valence-electron chi connectivity index (χ4n) is 0.770. The van der Waals surface area contributed by atoms with Crippen LogP contribution in [0.2, 0.25) is 0 Å². The molecule has 0 saturated heterocycles. The van der Waals surface area contributed by atoms with E-state index in [1.165, 1.54) is 0 Å². The van der Waals surface area contributed by atoms with Gasteiger partial charge in [-0.1, -0.05) is 27.7 Å². The fraction of sp³-hybridized carbons (Fsp3) is 0.857. The molecule has 0 aliphatic rings. The Labute approximate surface area is 78.3 Å². The van der Waals surface area contributed by atoms with E-state index in [0.717, 1.165) is 11.8 Å². The van der Waals surface area contributed by atoms with Crippen LogP contribution in [0.5, 0.6) is 0 Å². The van der Waals surface area contributed by atoms with Crippen molar-refractivity contribution in [1.82, 2.24) is 0 Å². The molecule has 0 rings (SSSR count). The Morgan fingerprint density at radius 1 is 0.875 bits per heavy atom. The van der Waals surface area contributed by atoms with Crippen LogP contribution in [0, 0.1) is 18.3 Å². The van der Waals surface area contributed by atoms with Crippen molar-refractivity contribution in [3.63, 3.8) is 0 Å². The van der Waals surface area contributed by atoms with E-state index in [0.29, 0.717) is 0 Å². The molecular weight excluding hydrogens is 173 g/mol. The Morgan fingerprint density at radius 3 is 1.12 bits per heavy atom. The van der Waals surface area contributed by atoms with E-state index >= 15 is 0 Å². The van der Waals surface area contributed by atoms with Gasteiger partial charge in [0.15, 0.2) is 0 Å². The minimum atomic E-state index is 0. The molecule has 0 N–H and O–H groups in total. The molecule has 0 amide bonds. The van der Waals surface area contributed by atoms with Crippen LogP contribution in [0.1, 0.15) is 27.7 Å². The Bertz CT molecular complexity index is 33.7. The first kappa shape index (κ1) is 11.8. The standard InChI is InChI=1S/C7H15.Y/c1-6(2)5-7(3)4;/h5-7H,1-4H3;/q-1;. The Hall–Kier alpha value is 1.10. The summed E-state index contributed by atoms with van der Waals surface area (Å²) in [5, 5.41) is 0. The smallest absolute Gasteiger partial charge is 0 e. The molecule has 0 saturated carbocycles. The van der Waals surface area contributed by atoms with Crippen LogP contribution < -0.4 is 0 Å². The first-order valence-electron chi connectivity index (χ1n) is 2.98. The van der Waals surface area contributed by atoms with Gasteiger partial charge in [0.05, 0.1) is 0 Å². The summed E-state index contributed by atoms with van der Waals surface area (Å²) in [6.07, 6.45) is 2.33. The summed E-state index contributed by atoms with van der Waals surface area (Å²) in [6.45, 7) is 8.83. The van der Waals surface area contributed by atoms with Crippen LogP contribution in [0.4, 0.5) is 0 Å². The van der Waals surface area contributed by atoms with Crippen LogP contribution in [0.15, 0.2) is 0 Å². The summed E-state index contributed by atoms with van der Waals surface area (Å²) in [7, 11) is 0. The second-order valence-electron chi connectivity index (χ2n) is 2.68. The molecule has 0 aromatic heterocycles. The van der Waals surface area contributed by atoms with Crippen molar-refractivity contribution in [1.29, 1.82) is 0 Å². The van der Waals surface area contributed by atoms with Crippen LogP contribution in [0.25, 0.3) is 0 Å². The number of hydrogen-bond acceptors (Lipinski definition) is 0. The molecule has 0 unspecified atom stereocenters. The van der Waals surface area contributed by atoms with E-state index in [9.17, 15) is 0 Å². The number of hydrogen-bond donors (Lipinski definition) is 0. The van der Waals surface area contributed by atoms with Gasteiger partial charge in [-0.2, -0.15) is 11.8 Å². The first-order chi connectivity index (χ1) is 3.13. The quantitative estimate of drug-likeness (QED) is 0.584. The van der Waals surface area contributed by atoms with E-state index in [2.05, 4.69) is 34.1 Å². The van der Waals surface area contributed by atoms with Crippen molar-refractivity contribution in [2.45, 2.75) is 27.7 Å². The van der Waals surface area contributed by atoms with Crippen molar-refractivity contribution in [2.75, 3.05) is 0 Å². The predicted octanol–water partition coefficient (Wildman–Crippen LogP) is 2.50. The maximum Gasteiger partial charge on any atom is 0 e. The van der Waals surface area contributed by atoms with Gasteiger partial charge in [-0.15, -0.1) is 0 Å². The van der Waals surface area contributed by atoms with Crippen molar-refractivity contribution in [2.24, 2.45) is 11.8 Å². The molecule has 1 heteroatoms. The average Bonchev–Trinajstić information content (AvgIpc) is 1.27. The van der Waals surface area contributed by atoms with Crippen molar-refractivity contribution >= 4 is 0 Å². The van der Waals surface area contributed by atoms with E-state index in [-0.39, 0.29) is 32.7 Å². The largest absolute Gasteiger partial charge is 0.323 e. The maximum absolute atomic E-state index is 2.33. The Morgan fingerprint density at radius 2 is 1.12 bits per heavy atom. The topological polar surface area (TPSA) is 0 Å². The summed E-state index contributed by atoms with van der Waals surface area (Å²) < 4.78 is 0. The zero-order valence-corrected chi connectivity index (χ0v) is 9.15. The summed E-state index contributed by atoms with van der Waals surface area (Å²) in [5.41, 5.74) is 0. The van der Waals surface area contributed by atoms with Gasteiger partial charge >= 0.3 is 0 Å². The molecule has 0 atom stereocenters. The van der Waals surface area contributed by atoms with Gasteiger partial charge in [-0.05, 0) is 0 Å². The molecule has 0 aliphatic heterocycles. The second kappa shape index (κ2) is 6.23. The molecule has 47 valence electrons. The zero-order chi connectivity index (χ0) is 5.86.